The zero-order valence-electron chi connectivity index (χ0n) is 17.5. The molecule has 158 valence electrons. The Bertz CT molecular complexity index is 1290. The average Bonchev–Trinajstić information content (AvgIpc) is 3.08. The van der Waals surface area contributed by atoms with Crippen molar-refractivity contribution >= 4 is 33.6 Å². The van der Waals surface area contributed by atoms with E-state index in [0.29, 0.717) is 24.3 Å². The number of ether oxygens (including phenoxy) is 1. The number of carboxylic acid groups (broad SMARTS) is 1. The van der Waals surface area contributed by atoms with Crippen LogP contribution in [-0.4, -0.2) is 28.7 Å². The number of carbonyl (C=O) groups is 2. The summed E-state index contributed by atoms with van der Waals surface area (Å²) in [5.41, 5.74) is 3.20. The maximum atomic E-state index is 13.2. The average molecular weight is 416 g/mol. The predicted octanol–water partition coefficient (Wildman–Crippen LogP) is 4.38. The van der Waals surface area contributed by atoms with Crippen molar-refractivity contribution in [3.8, 4) is 5.75 Å². The van der Waals surface area contributed by atoms with Crippen LogP contribution in [0.25, 0.3) is 21.7 Å². The fourth-order valence-electron chi connectivity index (χ4n) is 4.26. The van der Waals surface area contributed by atoms with Gasteiger partial charge in [0.05, 0.1) is 12.7 Å². The highest BCUT2D eigenvalue weighted by Gasteiger charge is 2.20. The van der Waals surface area contributed by atoms with Gasteiger partial charge >= 0.3 is 5.97 Å². The van der Waals surface area contributed by atoms with Crippen LogP contribution in [0.5, 0.6) is 5.75 Å². The molecule has 0 aliphatic rings. The first-order valence-corrected chi connectivity index (χ1v) is 10.2. The lowest BCUT2D eigenvalue weighted by atomic mass is 10.0. The van der Waals surface area contributed by atoms with Crippen molar-refractivity contribution in [1.82, 2.24) is 9.88 Å². The van der Waals surface area contributed by atoms with Crippen LogP contribution in [0.15, 0.2) is 60.7 Å². The largest absolute Gasteiger partial charge is 0.496 e. The van der Waals surface area contributed by atoms with E-state index in [1.165, 1.54) is 0 Å². The van der Waals surface area contributed by atoms with Gasteiger partial charge in [-0.25, -0.2) is 0 Å². The number of nitrogens with one attached hydrogen (secondary N) is 1. The summed E-state index contributed by atoms with van der Waals surface area (Å²) in [5, 5.41) is 15.1. The van der Waals surface area contributed by atoms with Crippen molar-refractivity contribution in [3.05, 3.63) is 77.5 Å². The first-order chi connectivity index (χ1) is 15.0. The lowest BCUT2D eigenvalue weighted by Gasteiger charge is -2.13. The Morgan fingerprint density at radius 1 is 1.00 bits per heavy atom. The molecule has 1 heterocycles. The normalized spacial score (nSPS) is 11.0. The van der Waals surface area contributed by atoms with E-state index in [1.54, 1.807) is 13.2 Å². The number of carbonyl (C=O) groups excluding carboxylic acids is 1. The summed E-state index contributed by atoms with van der Waals surface area (Å²) in [4.78, 5) is 24.7. The van der Waals surface area contributed by atoms with Crippen LogP contribution < -0.4 is 10.1 Å². The molecule has 1 aromatic heterocycles. The van der Waals surface area contributed by atoms with E-state index < -0.39 is 5.97 Å². The van der Waals surface area contributed by atoms with Gasteiger partial charge in [0.25, 0.3) is 5.91 Å². The number of hydrogen-bond acceptors (Lipinski definition) is 3. The Hall–Kier alpha value is -3.80. The van der Waals surface area contributed by atoms with E-state index in [9.17, 15) is 14.7 Å². The zero-order chi connectivity index (χ0) is 22.0. The Morgan fingerprint density at radius 3 is 2.42 bits per heavy atom. The fraction of sp³-hybridized carbons (Fsp3) is 0.200. The van der Waals surface area contributed by atoms with Crippen LogP contribution in [0.1, 0.15) is 28.5 Å². The van der Waals surface area contributed by atoms with E-state index in [0.717, 1.165) is 32.9 Å². The van der Waals surface area contributed by atoms with E-state index >= 15 is 0 Å². The summed E-state index contributed by atoms with van der Waals surface area (Å²) in [5.74, 6) is -0.613. The Balaban J connectivity index is 1.73. The molecule has 0 aliphatic carbocycles. The van der Waals surface area contributed by atoms with Crippen LogP contribution >= 0.6 is 0 Å². The predicted molar refractivity (Wildman–Crippen MR) is 121 cm³/mol. The number of methoxy groups -OCH3 is 1. The molecule has 0 aliphatic heterocycles. The molecule has 0 spiro atoms. The smallest absolute Gasteiger partial charge is 0.323 e. The van der Waals surface area contributed by atoms with Gasteiger partial charge in [-0.1, -0.05) is 55.5 Å². The number of nitrogens with zero attached hydrogens (tertiary/aromatic N) is 1. The quantitative estimate of drug-likeness (QED) is 0.469. The molecule has 6 nitrogen and oxygen atoms in total. The highest BCUT2D eigenvalue weighted by molar-refractivity contribution is 6.09. The number of amides is 1. The van der Waals surface area contributed by atoms with Gasteiger partial charge in [-0.2, -0.15) is 0 Å². The molecule has 0 saturated heterocycles. The number of benzene rings is 3. The van der Waals surface area contributed by atoms with Gasteiger partial charge < -0.3 is 19.7 Å². The minimum absolute atomic E-state index is 0.116. The molecule has 1 amide bonds. The molecular weight excluding hydrogens is 392 g/mol. The molecule has 0 radical (unpaired) electrons. The zero-order valence-corrected chi connectivity index (χ0v) is 17.5. The minimum atomic E-state index is -0.897. The summed E-state index contributed by atoms with van der Waals surface area (Å²) in [6.45, 7) is 2.17. The topological polar surface area (TPSA) is 80.6 Å². The van der Waals surface area contributed by atoms with E-state index in [2.05, 4.69) is 5.32 Å². The maximum Gasteiger partial charge on any atom is 0.323 e. The SMILES string of the molecule is CCc1c(CNC(=O)c2c(OC)ccc3ccccc23)c2ccccc2n1CC(=O)O. The molecule has 2 N–H and O–H groups in total. The van der Waals surface area contributed by atoms with Crippen LogP contribution in [0.2, 0.25) is 0 Å². The molecular formula is C25H24N2O4. The number of hydrogen-bond donors (Lipinski definition) is 2. The van der Waals surface area contributed by atoms with Crippen LogP contribution in [0, 0.1) is 0 Å². The molecule has 0 bridgehead atoms. The maximum absolute atomic E-state index is 13.2. The third-order valence-electron chi connectivity index (χ3n) is 5.59. The molecule has 6 heteroatoms. The van der Waals surface area contributed by atoms with E-state index in [1.807, 2.05) is 66.1 Å². The number of aliphatic carboxylic acids is 1. The van der Waals surface area contributed by atoms with Gasteiger partial charge in [0.1, 0.15) is 12.3 Å². The van der Waals surface area contributed by atoms with Crippen LogP contribution in [0.3, 0.4) is 0 Å². The highest BCUT2D eigenvalue weighted by Crippen LogP contribution is 2.29. The van der Waals surface area contributed by atoms with Crippen molar-refractivity contribution in [2.24, 2.45) is 0 Å². The van der Waals surface area contributed by atoms with Crippen molar-refractivity contribution in [2.45, 2.75) is 26.4 Å². The second kappa shape index (κ2) is 8.52. The molecule has 31 heavy (non-hydrogen) atoms. The van der Waals surface area contributed by atoms with Gasteiger partial charge in [-0.15, -0.1) is 0 Å². The van der Waals surface area contributed by atoms with Crippen molar-refractivity contribution in [1.29, 1.82) is 0 Å². The third kappa shape index (κ3) is 3.72. The second-order valence-electron chi connectivity index (χ2n) is 7.32. The van der Waals surface area contributed by atoms with E-state index in [4.69, 9.17) is 4.74 Å². The Kier molecular flexibility index (Phi) is 5.62. The number of fused-ring (bicyclic) bond motifs is 2. The summed E-state index contributed by atoms with van der Waals surface area (Å²) in [6, 6.07) is 19.1. The Labute approximate surface area is 180 Å². The summed E-state index contributed by atoms with van der Waals surface area (Å²) in [6.07, 6.45) is 0.657. The second-order valence-corrected chi connectivity index (χ2v) is 7.32. The molecule has 0 fully saturated rings. The van der Waals surface area contributed by atoms with Crippen LogP contribution in [-0.2, 0) is 24.3 Å². The molecule has 4 rings (SSSR count). The van der Waals surface area contributed by atoms with Gasteiger partial charge in [0.15, 0.2) is 0 Å². The number of aromatic nitrogens is 1. The molecule has 0 saturated carbocycles. The Morgan fingerprint density at radius 2 is 1.71 bits per heavy atom. The standard InChI is InChI=1S/C25H24N2O4/c1-3-20-19(18-10-6-7-11-21(18)27(20)15-23(28)29)14-26-25(30)24-17-9-5-4-8-16(17)12-13-22(24)31-2/h4-13H,3,14-15H2,1-2H3,(H,26,30)(H,28,29). The summed E-state index contributed by atoms with van der Waals surface area (Å²) in [7, 11) is 1.55. The van der Waals surface area contributed by atoms with Crippen molar-refractivity contribution in [3.63, 3.8) is 0 Å². The minimum Gasteiger partial charge on any atom is -0.496 e. The monoisotopic (exact) mass is 416 g/mol. The van der Waals surface area contributed by atoms with Crippen molar-refractivity contribution in [2.75, 3.05) is 7.11 Å². The molecule has 4 aromatic rings. The van der Waals surface area contributed by atoms with Gasteiger partial charge in [0, 0.05) is 28.7 Å². The van der Waals surface area contributed by atoms with Crippen molar-refractivity contribution < 1.29 is 19.4 Å². The number of rotatable bonds is 7. The molecule has 0 atom stereocenters. The van der Waals surface area contributed by atoms with Gasteiger partial charge in [0.2, 0.25) is 0 Å². The first-order valence-electron chi connectivity index (χ1n) is 10.2. The number of para-hydroxylation sites is 1. The van der Waals surface area contributed by atoms with E-state index in [-0.39, 0.29) is 12.5 Å². The molecule has 3 aromatic carbocycles. The highest BCUT2D eigenvalue weighted by atomic mass is 16.5. The van der Waals surface area contributed by atoms with Crippen LogP contribution in [0.4, 0.5) is 0 Å². The van der Waals surface area contributed by atoms with Gasteiger partial charge in [-0.3, -0.25) is 9.59 Å². The summed E-state index contributed by atoms with van der Waals surface area (Å²) < 4.78 is 7.28. The van der Waals surface area contributed by atoms with Gasteiger partial charge in [-0.05, 0) is 29.3 Å². The first kappa shape index (κ1) is 20.5. The lowest BCUT2D eigenvalue weighted by molar-refractivity contribution is -0.137. The fourth-order valence-corrected chi connectivity index (χ4v) is 4.26. The molecule has 0 unspecified atom stereocenters. The lowest BCUT2D eigenvalue weighted by Crippen LogP contribution is -2.24. The number of carboxylic acids is 1. The third-order valence-corrected chi connectivity index (χ3v) is 5.59. The summed E-state index contributed by atoms with van der Waals surface area (Å²) >= 11 is 0.